The summed E-state index contributed by atoms with van der Waals surface area (Å²) < 4.78 is 0. The number of nitrogens with one attached hydrogen (secondary N) is 1. The van der Waals surface area contributed by atoms with Gasteiger partial charge in [0.1, 0.15) is 10.7 Å². The summed E-state index contributed by atoms with van der Waals surface area (Å²) in [5.74, 6) is 1.10. The van der Waals surface area contributed by atoms with E-state index in [0.29, 0.717) is 23.5 Å². The maximum absolute atomic E-state index is 12.1. The van der Waals surface area contributed by atoms with Gasteiger partial charge in [-0.1, -0.05) is 13.3 Å². The van der Waals surface area contributed by atoms with Crippen LogP contribution in [0, 0.1) is 0 Å². The van der Waals surface area contributed by atoms with E-state index in [0.717, 1.165) is 23.6 Å². The van der Waals surface area contributed by atoms with Gasteiger partial charge in [-0.2, -0.15) is 11.8 Å². The normalized spacial score (nSPS) is 23.3. The van der Waals surface area contributed by atoms with Gasteiger partial charge in [-0.3, -0.25) is 4.79 Å². The van der Waals surface area contributed by atoms with E-state index in [-0.39, 0.29) is 5.91 Å². The Balaban J connectivity index is 1.87. The number of aromatic nitrogens is 1. The molecule has 106 valence electrons. The van der Waals surface area contributed by atoms with Gasteiger partial charge in [0.2, 0.25) is 0 Å². The highest BCUT2D eigenvalue weighted by atomic mass is 32.2. The van der Waals surface area contributed by atoms with Crippen molar-refractivity contribution in [2.24, 2.45) is 5.73 Å². The molecule has 4 nitrogen and oxygen atoms in total. The molecule has 0 bridgehead atoms. The largest absolute Gasteiger partial charge is 0.348 e. The molecule has 3 N–H and O–H groups in total. The van der Waals surface area contributed by atoms with Crippen LogP contribution in [0.25, 0.3) is 0 Å². The van der Waals surface area contributed by atoms with E-state index in [9.17, 15) is 4.79 Å². The van der Waals surface area contributed by atoms with Gasteiger partial charge in [0.05, 0.1) is 0 Å². The molecule has 0 spiro atoms. The molecule has 19 heavy (non-hydrogen) atoms. The summed E-state index contributed by atoms with van der Waals surface area (Å²) in [6.07, 6.45) is 4.64. The van der Waals surface area contributed by atoms with E-state index in [1.807, 2.05) is 11.8 Å². The standard InChI is InChI=1S/C13H21N3OS2/c1-2-18-10-5-3-4-9(6-10)15-13(17)11-8-19-12(7-14)16-11/h8-10H,2-7,14H2,1H3,(H,15,17)/t9-,10+/m0/s1. The van der Waals surface area contributed by atoms with Crippen molar-refractivity contribution in [2.75, 3.05) is 5.75 Å². The van der Waals surface area contributed by atoms with E-state index in [2.05, 4.69) is 17.2 Å². The molecular formula is C13H21N3OS2. The van der Waals surface area contributed by atoms with Crippen LogP contribution in [0.1, 0.15) is 48.1 Å². The van der Waals surface area contributed by atoms with Gasteiger partial charge in [0, 0.05) is 23.2 Å². The minimum Gasteiger partial charge on any atom is -0.348 e. The summed E-state index contributed by atoms with van der Waals surface area (Å²) in [5.41, 5.74) is 6.02. The molecule has 1 saturated carbocycles. The van der Waals surface area contributed by atoms with Crippen LogP contribution in [0.5, 0.6) is 0 Å². The monoisotopic (exact) mass is 299 g/mol. The highest BCUT2D eigenvalue weighted by molar-refractivity contribution is 7.99. The zero-order valence-electron chi connectivity index (χ0n) is 11.2. The summed E-state index contributed by atoms with van der Waals surface area (Å²) >= 11 is 3.45. The van der Waals surface area contributed by atoms with Crippen molar-refractivity contribution in [1.29, 1.82) is 0 Å². The molecule has 0 unspecified atom stereocenters. The van der Waals surface area contributed by atoms with Crippen LogP contribution in [0.4, 0.5) is 0 Å². The Morgan fingerprint density at radius 2 is 2.47 bits per heavy atom. The van der Waals surface area contributed by atoms with Crippen molar-refractivity contribution in [3.8, 4) is 0 Å². The van der Waals surface area contributed by atoms with Crippen LogP contribution in [-0.2, 0) is 6.54 Å². The topological polar surface area (TPSA) is 68.0 Å². The Labute approximate surface area is 122 Å². The fourth-order valence-corrected chi connectivity index (χ4v) is 4.26. The van der Waals surface area contributed by atoms with Gasteiger partial charge >= 0.3 is 0 Å². The molecule has 0 radical (unpaired) electrons. The quantitative estimate of drug-likeness (QED) is 0.876. The molecule has 1 heterocycles. The molecule has 2 rings (SSSR count). The number of thioether (sulfide) groups is 1. The molecular weight excluding hydrogens is 278 g/mol. The lowest BCUT2D eigenvalue weighted by atomic mass is 9.95. The van der Waals surface area contributed by atoms with Gasteiger partial charge in [0.15, 0.2) is 0 Å². The Kier molecular flexibility index (Phi) is 5.66. The van der Waals surface area contributed by atoms with Crippen molar-refractivity contribution in [3.05, 3.63) is 16.1 Å². The summed E-state index contributed by atoms with van der Waals surface area (Å²) in [5, 5.41) is 6.41. The second-order valence-electron chi connectivity index (χ2n) is 4.74. The number of hydrogen-bond acceptors (Lipinski definition) is 5. The van der Waals surface area contributed by atoms with Gasteiger partial charge < -0.3 is 11.1 Å². The molecule has 0 aliphatic heterocycles. The van der Waals surface area contributed by atoms with Crippen LogP contribution in [0.15, 0.2) is 5.38 Å². The molecule has 6 heteroatoms. The molecule has 1 aliphatic rings. The predicted molar refractivity (Wildman–Crippen MR) is 81.6 cm³/mol. The number of thiazole rings is 1. The van der Waals surface area contributed by atoms with Crippen molar-refractivity contribution < 1.29 is 4.79 Å². The Bertz CT molecular complexity index is 420. The number of nitrogens with zero attached hydrogens (tertiary/aromatic N) is 1. The second-order valence-corrected chi connectivity index (χ2v) is 7.26. The summed E-state index contributed by atoms with van der Waals surface area (Å²) in [6, 6.07) is 0.299. The van der Waals surface area contributed by atoms with Crippen LogP contribution in [-0.4, -0.2) is 27.9 Å². The van der Waals surface area contributed by atoms with Gasteiger partial charge in [-0.15, -0.1) is 11.3 Å². The fourth-order valence-electron chi connectivity index (χ4n) is 2.43. The predicted octanol–water partition coefficient (Wildman–Crippen LogP) is 2.40. The first-order valence-electron chi connectivity index (χ1n) is 6.79. The van der Waals surface area contributed by atoms with Crippen molar-refractivity contribution in [3.63, 3.8) is 0 Å². The van der Waals surface area contributed by atoms with E-state index in [1.54, 1.807) is 5.38 Å². The second kappa shape index (κ2) is 7.26. The number of carbonyl (C=O) groups excluding carboxylic acids is 1. The summed E-state index contributed by atoms with van der Waals surface area (Å²) in [6.45, 7) is 2.59. The maximum atomic E-state index is 12.1. The zero-order valence-corrected chi connectivity index (χ0v) is 12.9. The van der Waals surface area contributed by atoms with Gasteiger partial charge in [-0.05, 0) is 25.0 Å². The van der Waals surface area contributed by atoms with E-state index in [1.165, 1.54) is 24.2 Å². The first kappa shape index (κ1) is 14.8. The van der Waals surface area contributed by atoms with Crippen LogP contribution in [0.3, 0.4) is 0 Å². The number of nitrogens with two attached hydrogens (primary N) is 1. The Morgan fingerprint density at radius 3 is 3.16 bits per heavy atom. The third-order valence-corrected chi connectivity index (χ3v) is 5.43. The Morgan fingerprint density at radius 1 is 1.63 bits per heavy atom. The molecule has 2 atom stereocenters. The number of rotatable bonds is 5. The fraction of sp³-hybridized carbons (Fsp3) is 0.692. The first-order valence-corrected chi connectivity index (χ1v) is 8.72. The van der Waals surface area contributed by atoms with Gasteiger partial charge in [-0.25, -0.2) is 4.98 Å². The molecule has 0 saturated heterocycles. The van der Waals surface area contributed by atoms with Crippen molar-refractivity contribution in [2.45, 2.75) is 50.4 Å². The summed E-state index contributed by atoms with van der Waals surface area (Å²) in [7, 11) is 0. The SMILES string of the molecule is CCS[C@@H]1CCC[C@H](NC(=O)c2csc(CN)n2)C1. The van der Waals surface area contributed by atoms with E-state index in [4.69, 9.17) is 5.73 Å². The van der Waals surface area contributed by atoms with Crippen LogP contribution < -0.4 is 11.1 Å². The van der Waals surface area contributed by atoms with Crippen molar-refractivity contribution in [1.82, 2.24) is 10.3 Å². The average molecular weight is 299 g/mol. The average Bonchev–Trinajstić information content (AvgIpc) is 2.88. The number of hydrogen-bond donors (Lipinski definition) is 2. The lowest BCUT2D eigenvalue weighted by Gasteiger charge is -2.29. The van der Waals surface area contributed by atoms with Gasteiger partial charge in [0.25, 0.3) is 5.91 Å². The third kappa shape index (κ3) is 4.19. The Hall–Kier alpha value is -0.590. The van der Waals surface area contributed by atoms with E-state index >= 15 is 0 Å². The van der Waals surface area contributed by atoms with Crippen LogP contribution in [0.2, 0.25) is 0 Å². The molecule has 1 aromatic heterocycles. The highest BCUT2D eigenvalue weighted by Gasteiger charge is 2.24. The molecule has 1 fully saturated rings. The zero-order chi connectivity index (χ0) is 13.7. The van der Waals surface area contributed by atoms with Crippen LogP contribution >= 0.6 is 23.1 Å². The van der Waals surface area contributed by atoms with E-state index < -0.39 is 0 Å². The first-order chi connectivity index (χ1) is 9.22. The smallest absolute Gasteiger partial charge is 0.270 e. The molecule has 1 aromatic rings. The lowest BCUT2D eigenvalue weighted by Crippen LogP contribution is -2.39. The molecule has 0 aromatic carbocycles. The summed E-state index contributed by atoms with van der Waals surface area (Å²) in [4.78, 5) is 16.3. The molecule has 1 aliphatic carbocycles. The highest BCUT2D eigenvalue weighted by Crippen LogP contribution is 2.28. The molecule has 1 amide bonds. The number of carbonyl (C=O) groups is 1. The third-order valence-electron chi connectivity index (χ3n) is 3.32. The minimum absolute atomic E-state index is 0.0527. The lowest BCUT2D eigenvalue weighted by molar-refractivity contribution is 0.0924. The van der Waals surface area contributed by atoms with Crippen molar-refractivity contribution >= 4 is 29.0 Å². The maximum Gasteiger partial charge on any atom is 0.270 e. The minimum atomic E-state index is -0.0527. The number of amides is 1.